The van der Waals surface area contributed by atoms with E-state index in [1.807, 2.05) is 5.38 Å². The van der Waals surface area contributed by atoms with Gasteiger partial charge < -0.3 is 9.64 Å². The van der Waals surface area contributed by atoms with Crippen LogP contribution in [0, 0.1) is 0 Å². The monoisotopic (exact) mass is 436 g/mol. The molecule has 3 heterocycles. The van der Waals surface area contributed by atoms with Crippen molar-refractivity contribution in [1.82, 2.24) is 19.7 Å². The van der Waals surface area contributed by atoms with E-state index in [-0.39, 0.29) is 29.0 Å². The van der Waals surface area contributed by atoms with Gasteiger partial charge in [-0.15, -0.1) is 11.3 Å². The Hall–Kier alpha value is -2.88. The predicted octanol–water partition coefficient (Wildman–Crippen LogP) is 4.38. The number of halogens is 3. The lowest BCUT2D eigenvalue weighted by molar-refractivity contribution is -0.137. The molecule has 1 aromatic carbocycles. The Labute approximate surface area is 174 Å². The highest BCUT2D eigenvalue weighted by Gasteiger charge is 2.32. The first-order chi connectivity index (χ1) is 14.4. The maximum Gasteiger partial charge on any atom is 0.416 e. The number of thiazole rings is 1. The molecule has 1 fully saturated rings. The van der Waals surface area contributed by atoms with Crippen LogP contribution in [0.2, 0.25) is 0 Å². The number of hydrogen-bond donors (Lipinski definition) is 0. The topological polar surface area (TPSA) is 60.3 Å². The van der Waals surface area contributed by atoms with E-state index in [2.05, 4.69) is 10.1 Å². The highest BCUT2D eigenvalue weighted by atomic mass is 32.1. The fourth-order valence-corrected chi connectivity index (χ4v) is 4.33. The average Bonchev–Trinajstić information content (AvgIpc) is 3.43. The number of aromatic nitrogens is 3. The number of alkyl halides is 3. The van der Waals surface area contributed by atoms with E-state index in [9.17, 15) is 18.0 Å². The van der Waals surface area contributed by atoms with E-state index in [4.69, 9.17) is 4.74 Å². The standard InChI is InChI=1S/C20H19F3N4O2S/c1-29-16-12-27(15-6-2-5-14(10-15)20(21,22)23)25-17(16)19(28)26-8-3-4-13(11-26)18-24-7-9-30-18/h2,5-7,9-10,12-13H,3-4,8,11H2,1H3. The third-order valence-corrected chi connectivity index (χ3v) is 5.99. The molecule has 1 atom stereocenters. The molecular weight excluding hydrogens is 417 g/mol. The molecule has 1 saturated heterocycles. The quantitative estimate of drug-likeness (QED) is 0.609. The van der Waals surface area contributed by atoms with Crippen molar-refractivity contribution >= 4 is 17.2 Å². The summed E-state index contributed by atoms with van der Waals surface area (Å²) < 4.78 is 45.6. The second-order valence-corrected chi connectivity index (χ2v) is 7.93. The lowest BCUT2D eigenvalue weighted by Gasteiger charge is -2.31. The minimum atomic E-state index is -4.47. The molecule has 0 spiro atoms. The molecule has 2 aromatic heterocycles. The molecule has 1 unspecified atom stereocenters. The van der Waals surface area contributed by atoms with Gasteiger partial charge in [0.25, 0.3) is 5.91 Å². The molecule has 1 aliphatic heterocycles. The highest BCUT2D eigenvalue weighted by molar-refractivity contribution is 7.09. The van der Waals surface area contributed by atoms with Gasteiger partial charge in [-0.25, -0.2) is 9.67 Å². The number of hydrogen-bond acceptors (Lipinski definition) is 5. The number of nitrogens with zero attached hydrogens (tertiary/aromatic N) is 4. The van der Waals surface area contributed by atoms with Crippen LogP contribution in [-0.2, 0) is 6.18 Å². The molecule has 0 bridgehead atoms. The maximum absolute atomic E-state index is 13.1. The maximum atomic E-state index is 13.1. The van der Waals surface area contributed by atoms with Gasteiger partial charge >= 0.3 is 6.18 Å². The van der Waals surface area contributed by atoms with Crippen LogP contribution in [0.1, 0.15) is 39.8 Å². The number of ether oxygens (including phenoxy) is 1. The molecule has 6 nitrogen and oxygen atoms in total. The van der Waals surface area contributed by atoms with Gasteiger partial charge in [-0.2, -0.15) is 18.3 Å². The van der Waals surface area contributed by atoms with Crippen molar-refractivity contribution in [3.05, 3.63) is 58.3 Å². The highest BCUT2D eigenvalue weighted by Crippen LogP contribution is 2.32. The van der Waals surface area contributed by atoms with Gasteiger partial charge in [0.15, 0.2) is 11.4 Å². The summed E-state index contributed by atoms with van der Waals surface area (Å²) in [5.41, 5.74) is -0.513. The first-order valence-corrected chi connectivity index (χ1v) is 10.2. The molecule has 0 aliphatic carbocycles. The van der Waals surface area contributed by atoms with Gasteiger partial charge in [0.1, 0.15) is 0 Å². The van der Waals surface area contributed by atoms with Gasteiger partial charge in [-0.1, -0.05) is 6.07 Å². The zero-order valence-electron chi connectivity index (χ0n) is 16.1. The number of benzene rings is 1. The first-order valence-electron chi connectivity index (χ1n) is 9.37. The van der Waals surface area contributed by atoms with Crippen LogP contribution in [0.3, 0.4) is 0 Å². The number of rotatable bonds is 4. The van der Waals surface area contributed by atoms with Crippen molar-refractivity contribution < 1.29 is 22.7 Å². The number of carbonyl (C=O) groups is 1. The lowest BCUT2D eigenvalue weighted by atomic mass is 9.98. The van der Waals surface area contributed by atoms with E-state index in [1.165, 1.54) is 30.1 Å². The Bertz CT molecular complexity index is 1030. The molecule has 0 radical (unpaired) electrons. The second kappa shape index (κ2) is 8.10. The third-order valence-electron chi connectivity index (χ3n) is 5.05. The Morgan fingerprint density at radius 3 is 2.87 bits per heavy atom. The average molecular weight is 436 g/mol. The van der Waals surface area contributed by atoms with Gasteiger partial charge in [0.2, 0.25) is 0 Å². The van der Waals surface area contributed by atoms with Gasteiger partial charge in [0, 0.05) is 30.6 Å². The van der Waals surface area contributed by atoms with Crippen LogP contribution >= 0.6 is 11.3 Å². The van der Waals surface area contributed by atoms with E-state index in [1.54, 1.807) is 22.4 Å². The van der Waals surface area contributed by atoms with Crippen molar-refractivity contribution in [2.24, 2.45) is 0 Å². The van der Waals surface area contributed by atoms with E-state index < -0.39 is 11.7 Å². The summed E-state index contributed by atoms with van der Waals surface area (Å²) in [6, 6.07) is 4.77. The van der Waals surface area contributed by atoms with E-state index in [0.717, 1.165) is 30.0 Å². The fourth-order valence-electron chi connectivity index (χ4n) is 3.56. The van der Waals surface area contributed by atoms with Crippen LogP contribution in [-0.4, -0.2) is 45.8 Å². The second-order valence-electron chi connectivity index (χ2n) is 7.00. The van der Waals surface area contributed by atoms with E-state index >= 15 is 0 Å². The Morgan fingerprint density at radius 1 is 1.33 bits per heavy atom. The van der Waals surface area contributed by atoms with Crippen molar-refractivity contribution in [2.75, 3.05) is 20.2 Å². The number of amides is 1. The number of piperidine rings is 1. The van der Waals surface area contributed by atoms with Crippen molar-refractivity contribution in [1.29, 1.82) is 0 Å². The van der Waals surface area contributed by atoms with Crippen LogP contribution in [0.25, 0.3) is 5.69 Å². The van der Waals surface area contributed by atoms with Crippen LogP contribution < -0.4 is 4.74 Å². The number of methoxy groups -OCH3 is 1. The summed E-state index contributed by atoms with van der Waals surface area (Å²) in [7, 11) is 1.40. The largest absolute Gasteiger partial charge is 0.493 e. The third kappa shape index (κ3) is 4.04. The molecule has 30 heavy (non-hydrogen) atoms. The molecule has 4 rings (SSSR count). The molecule has 3 aromatic rings. The van der Waals surface area contributed by atoms with Crippen LogP contribution in [0.15, 0.2) is 42.0 Å². The minimum Gasteiger partial charge on any atom is -0.493 e. The number of likely N-dealkylation sites (tertiary alicyclic amines) is 1. The first kappa shape index (κ1) is 20.4. The predicted molar refractivity (Wildman–Crippen MR) is 105 cm³/mol. The number of carbonyl (C=O) groups excluding carboxylic acids is 1. The summed E-state index contributed by atoms with van der Waals surface area (Å²) in [5, 5.41) is 7.16. The van der Waals surface area contributed by atoms with Crippen LogP contribution in [0.5, 0.6) is 5.75 Å². The van der Waals surface area contributed by atoms with Gasteiger partial charge in [-0.3, -0.25) is 4.79 Å². The normalized spacial score (nSPS) is 17.2. The van der Waals surface area contributed by atoms with Gasteiger partial charge in [-0.05, 0) is 31.0 Å². The molecule has 1 aliphatic rings. The summed E-state index contributed by atoms with van der Waals surface area (Å²) in [4.78, 5) is 19.2. The molecular formula is C20H19F3N4O2S. The summed E-state index contributed by atoms with van der Waals surface area (Å²) in [5.74, 6) is 0.0758. The molecule has 0 saturated carbocycles. The summed E-state index contributed by atoms with van der Waals surface area (Å²) in [6.07, 6.45) is 0.496. The zero-order chi connectivity index (χ0) is 21.3. The Balaban J connectivity index is 1.60. The fraction of sp³-hybridized carbons (Fsp3) is 0.350. The zero-order valence-corrected chi connectivity index (χ0v) is 16.9. The SMILES string of the molecule is COc1cn(-c2cccc(C(F)(F)F)c2)nc1C(=O)N1CCCC(c2nccs2)C1. The minimum absolute atomic E-state index is 0.0784. The molecule has 1 amide bonds. The van der Waals surface area contributed by atoms with E-state index in [0.29, 0.717) is 13.1 Å². The van der Waals surface area contributed by atoms with Crippen molar-refractivity contribution in [2.45, 2.75) is 24.9 Å². The summed E-state index contributed by atoms with van der Waals surface area (Å²) >= 11 is 1.57. The van der Waals surface area contributed by atoms with Crippen molar-refractivity contribution in [3.63, 3.8) is 0 Å². The molecule has 158 valence electrons. The smallest absolute Gasteiger partial charge is 0.416 e. The Morgan fingerprint density at radius 2 is 2.17 bits per heavy atom. The molecule has 10 heteroatoms. The lowest BCUT2D eigenvalue weighted by Crippen LogP contribution is -2.39. The Kier molecular flexibility index (Phi) is 5.50. The van der Waals surface area contributed by atoms with Crippen LogP contribution in [0.4, 0.5) is 13.2 Å². The molecule has 0 N–H and O–H groups in total. The van der Waals surface area contributed by atoms with Crippen molar-refractivity contribution in [3.8, 4) is 11.4 Å². The van der Waals surface area contributed by atoms with Gasteiger partial charge in [0.05, 0.1) is 29.6 Å². The summed E-state index contributed by atoms with van der Waals surface area (Å²) in [6.45, 7) is 1.10.